The van der Waals surface area contributed by atoms with E-state index in [9.17, 15) is 0 Å². The largest absolute Gasteiger partial charge is 0.399 e. The molecule has 2 N–H and O–H groups in total. The normalized spacial score (nSPS) is 17.5. The van der Waals surface area contributed by atoms with Crippen molar-refractivity contribution in [3.8, 4) is 0 Å². The second kappa shape index (κ2) is 4.56. The van der Waals surface area contributed by atoms with E-state index in [0.29, 0.717) is 0 Å². The Balaban J connectivity index is 2.19. The summed E-state index contributed by atoms with van der Waals surface area (Å²) in [6.45, 7) is 4.55. The fourth-order valence-electron chi connectivity index (χ4n) is 2.35. The van der Waals surface area contributed by atoms with Gasteiger partial charge in [0.2, 0.25) is 0 Å². The molecule has 2 nitrogen and oxygen atoms in total. The number of hydrogen-bond acceptors (Lipinski definition) is 2. The van der Waals surface area contributed by atoms with Gasteiger partial charge in [0.05, 0.1) is 0 Å². The zero-order chi connectivity index (χ0) is 10.7. The summed E-state index contributed by atoms with van der Waals surface area (Å²) in [6.07, 6.45) is 5.41. The third-order valence-corrected chi connectivity index (χ3v) is 3.17. The Hall–Kier alpha value is -1.18. The Bertz CT molecular complexity index is 325. The van der Waals surface area contributed by atoms with Gasteiger partial charge in [0, 0.05) is 24.5 Å². The molecule has 15 heavy (non-hydrogen) atoms. The molecular formula is C13H20N2. The lowest BCUT2D eigenvalue weighted by atomic mass is 10.1. The summed E-state index contributed by atoms with van der Waals surface area (Å²) in [5, 5.41) is 0. The molecule has 1 saturated heterocycles. The zero-order valence-corrected chi connectivity index (χ0v) is 9.50. The Morgan fingerprint density at radius 2 is 1.73 bits per heavy atom. The highest BCUT2D eigenvalue weighted by molar-refractivity contribution is 5.59. The molecule has 0 unspecified atom stereocenters. The van der Waals surface area contributed by atoms with Crippen LogP contribution < -0.4 is 10.6 Å². The van der Waals surface area contributed by atoms with E-state index in [0.717, 1.165) is 5.69 Å². The van der Waals surface area contributed by atoms with Crippen LogP contribution in [-0.2, 0) is 0 Å². The first kappa shape index (κ1) is 10.3. The number of aryl methyl sites for hydroxylation is 1. The van der Waals surface area contributed by atoms with E-state index in [1.807, 2.05) is 6.07 Å². The van der Waals surface area contributed by atoms with Crippen LogP contribution in [-0.4, -0.2) is 13.1 Å². The summed E-state index contributed by atoms with van der Waals surface area (Å²) in [4.78, 5) is 2.50. The second-order valence-corrected chi connectivity index (χ2v) is 4.45. The highest BCUT2D eigenvalue weighted by Crippen LogP contribution is 2.24. The monoisotopic (exact) mass is 204 g/mol. The average Bonchev–Trinajstić information content (AvgIpc) is 2.46. The van der Waals surface area contributed by atoms with Crippen molar-refractivity contribution in [2.75, 3.05) is 23.7 Å². The van der Waals surface area contributed by atoms with Crippen LogP contribution in [0.1, 0.15) is 31.2 Å². The van der Waals surface area contributed by atoms with Crippen LogP contribution >= 0.6 is 0 Å². The molecule has 0 spiro atoms. The lowest BCUT2D eigenvalue weighted by Crippen LogP contribution is -2.24. The fourth-order valence-corrected chi connectivity index (χ4v) is 2.35. The van der Waals surface area contributed by atoms with Crippen molar-refractivity contribution in [3.63, 3.8) is 0 Å². The Morgan fingerprint density at radius 3 is 2.33 bits per heavy atom. The molecule has 0 bridgehead atoms. The molecule has 82 valence electrons. The van der Waals surface area contributed by atoms with Crippen molar-refractivity contribution >= 4 is 11.4 Å². The van der Waals surface area contributed by atoms with Crippen LogP contribution in [0, 0.1) is 6.92 Å². The molecule has 1 fully saturated rings. The molecule has 1 heterocycles. The number of nitrogens with zero attached hydrogens (tertiary/aromatic N) is 1. The van der Waals surface area contributed by atoms with E-state index in [1.54, 1.807) is 0 Å². The van der Waals surface area contributed by atoms with Gasteiger partial charge in [-0.1, -0.05) is 12.8 Å². The van der Waals surface area contributed by atoms with E-state index < -0.39 is 0 Å². The minimum Gasteiger partial charge on any atom is -0.399 e. The van der Waals surface area contributed by atoms with Gasteiger partial charge in [-0.3, -0.25) is 0 Å². The Kier molecular flexibility index (Phi) is 3.14. The van der Waals surface area contributed by atoms with Crippen molar-refractivity contribution in [2.24, 2.45) is 0 Å². The highest BCUT2D eigenvalue weighted by atomic mass is 15.1. The van der Waals surface area contributed by atoms with Crippen LogP contribution in [0.3, 0.4) is 0 Å². The summed E-state index contributed by atoms with van der Waals surface area (Å²) < 4.78 is 0. The van der Waals surface area contributed by atoms with Gasteiger partial charge in [-0.05, 0) is 43.5 Å². The minimum atomic E-state index is 0.867. The van der Waals surface area contributed by atoms with Crippen LogP contribution in [0.25, 0.3) is 0 Å². The van der Waals surface area contributed by atoms with E-state index in [1.165, 1.54) is 50.0 Å². The Morgan fingerprint density at radius 1 is 1.07 bits per heavy atom. The summed E-state index contributed by atoms with van der Waals surface area (Å²) in [6, 6.07) is 6.24. The predicted molar refractivity (Wildman–Crippen MR) is 66.3 cm³/mol. The molecule has 1 aliphatic heterocycles. The number of hydrogen-bond donors (Lipinski definition) is 1. The molecule has 0 atom stereocenters. The van der Waals surface area contributed by atoms with Gasteiger partial charge in [-0.15, -0.1) is 0 Å². The van der Waals surface area contributed by atoms with E-state index in [-0.39, 0.29) is 0 Å². The fraction of sp³-hybridized carbons (Fsp3) is 0.538. The molecule has 2 heteroatoms. The van der Waals surface area contributed by atoms with Crippen molar-refractivity contribution in [2.45, 2.75) is 32.6 Å². The SMILES string of the molecule is Cc1cc(N)ccc1N1CCCCCC1. The molecule has 0 aliphatic carbocycles. The second-order valence-electron chi connectivity index (χ2n) is 4.45. The summed E-state index contributed by atoms with van der Waals surface area (Å²) >= 11 is 0. The number of nitrogen functional groups attached to an aromatic ring is 1. The van der Waals surface area contributed by atoms with Gasteiger partial charge in [0.15, 0.2) is 0 Å². The van der Waals surface area contributed by atoms with E-state index >= 15 is 0 Å². The molecule has 0 saturated carbocycles. The predicted octanol–water partition coefficient (Wildman–Crippen LogP) is 2.96. The summed E-state index contributed by atoms with van der Waals surface area (Å²) in [5.41, 5.74) is 9.31. The average molecular weight is 204 g/mol. The van der Waals surface area contributed by atoms with E-state index in [4.69, 9.17) is 5.73 Å². The lowest BCUT2D eigenvalue weighted by Gasteiger charge is -2.24. The van der Waals surface area contributed by atoms with Crippen molar-refractivity contribution < 1.29 is 0 Å². The number of rotatable bonds is 1. The molecule has 0 radical (unpaired) electrons. The third kappa shape index (κ3) is 2.44. The molecule has 0 aromatic heterocycles. The van der Waals surface area contributed by atoms with Gasteiger partial charge in [0.1, 0.15) is 0 Å². The number of benzene rings is 1. The summed E-state index contributed by atoms with van der Waals surface area (Å²) in [7, 11) is 0. The maximum absolute atomic E-state index is 5.77. The van der Waals surface area contributed by atoms with Gasteiger partial charge < -0.3 is 10.6 Å². The highest BCUT2D eigenvalue weighted by Gasteiger charge is 2.11. The first-order valence-corrected chi connectivity index (χ1v) is 5.88. The molecular weight excluding hydrogens is 184 g/mol. The maximum Gasteiger partial charge on any atom is 0.0397 e. The smallest absolute Gasteiger partial charge is 0.0397 e. The summed E-state index contributed by atoms with van der Waals surface area (Å²) in [5.74, 6) is 0. The van der Waals surface area contributed by atoms with Crippen molar-refractivity contribution in [1.29, 1.82) is 0 Å². The molecule has 0 amide bonds. The lowest BCUT2D eigenvalue weighted by molar-refractivity contribution is 0.726. The molecule has 1 aliphatic rings. The van der Waals surface area contributed by atoms with Crippen molar-refractivity contribution in [3.05, 3.63) is 23.8 Å². The quantitative estimate of drug-likeness (QED) is 0.713. The Labute approximate surface area is 92.1 Å². The first-order valence-electron chi connectivity index (χ1n) is 5.88. The van der Waals surface area contributed by atoms with Crippen LogP contribution in [0.15, 0.2) is 18.2 Å². The minimum absolute atomic E-state index is 0.867. The standard InChI is InChI=1S/C13H20N2/c1-11-10-12(14)6-7-13(11)15-8-4-2-3-5-9-15/h6-7,10H,2-5,8-9,14H2,1H3. The van der Waals surface area contributed by atoms with Gasteiger partial charge in [0.25, 0.3) is 0 Å². The van der Waals surface area contributed by atoms with Gasteiger partial charge in [-0.2, -0.15) is 0 Å². The van der Waals surface area contributed by atoms with E-state index in [2.05, 4.69) is 24.0 Å². The van der Waals surface area contributed by atoms with Crippen LogP contribution in [0.4, 0.5) is 11.4 Å². The topological polar surface area (TPSA) is 29.3 Å². The maximum atomic E-state index is 5.77. The van der Waals surface area contributed by atoms with Gasteiger partial charge in [-0.25, -0.2) is 0 Å². The number of anilines is 2. The first-order chi connectivity index (χ1) is 7.27. The zero-order valence-electron chi connectivity index (χ0n) is 9.50. The molecule has 1 aromatic rings. The van der Waals surface area contributed by atoms with Crippen LogP contribution in [0.2, 0.25) is 0 Å². The van der Waals surface area contributed by atoms with Gasteiger partial charge >= 0.3 is 0 Å². The molecule has 2 rings (SSSR count). The molecule has 1 aromatic carbocycles. The third-order valence-electron chi connectivity index (χ3n) is 3.17. The van der Waals surface area contributed by atoms with Crippen LogP contribution in [0.5, 0.6) is 0 Å². The number of nitrogens with two attached hydrogens (primary N) is 1. The van der Waals surface area contributed by atoms with Crippen molar-refractivity contribution in [1.82, 2.24) is 0 Å².